The third-order valence-electron chi connectivity index (χ3n) is 2.97. The fourth-order valence-corrected chi connectivity index (χ4v) is 1.87. The number of hydrogen-bond donors (Lipinski definition) is 0. The molecular formula is C16H16NO2. The van der Waals surface area contributed by atoms with Crippen molar-refractivity contribution in [2.24, 2.45) is 0 Å². The molecule has 0 heterocycles. The first-order valence-corrected chi connectivity index (χ1v) is 6.03. The van der Waals surface area contributed by atoms with Gasteiger partial charge in [0, 0.05) is 12.7 Å². The van der Waals surface area contributed by atoms with Gasteiger partial charge in [-0.15, -0.1) is 0 Å². The number of hydrogen-bond acceptors (Lipinski definition) is 2. The SMILES string of the molecule is [CH2]OC(=O)N(C)c1ccc(Cc2ccccc2)cc1. The third-order valence-corrected chi connectivity index (χ3v) is 2.97. The van der Waals surface area contributed by atoms with Crippen LogP contribution >= 0.6 is 0 Å². The average Bonchev–Trinajstić information content (AvgIpc) is 2.47. The molecule has 0 unspecified atom stereocenters. The molecule has 0 aliphatic rings. The molecule has 2 aromatic carbocycles. The Balaban J connectivity index is 2.08. The van der Waals surface area contributed by atoms with Crippen LogP contribution in [0.5, 0.6) is 0 Å². The Hall–Kier alpha value is -2.29. The van der Waals surface area contributed by atoms with Crippen LogP contribution in [0.1, 0.15) is 11.1 Å². The molecule has 3 heteroatoms. The maximum atomic E-state index is 11.3. The molecule has 0 aromatic heterocycles. The lowest BCUT2D eigenvalue weighted by Gasteiger charge is -2.15. The zero-order chi connectivity index (χ0) is 13.7. The summed E-state index contributed by atoms with van der Waals surface area (Å²) in [5.74, 6) is 0. The summed E-state index contributed by atoms with van der Waals surface area (Å²) in [6, 6.07) is 18.1. The van der Waals surface area contributed by atoms with E-state index in [2.05, 4.69) is 24.0 Å². The van der Waals surface area contributed by atoms with E-state index in [-0.39, 0.29) is 0 Å². The highest BCUT2D eigenvalue weighted by molar-refractivity contribution is 5.86. The zero-order valence-corrected chi connectivity index (χ0v) is 10.9. The number of amides is 1. The first-order chi connectivity index (χ1) is 9.20. The van der Waals surface area contributed by atoms with Gasteiger partial charge in [0.05, 0.1) is 0 Å². The normalized spacial score (nSPS) is 10.0. The fraction of sp³-hybridized carbons (Fsp3) is 0.125. The Morgan fingerprint density at radius 2 is 1.63 bits per heavy atom. The second-order valence-electron chi connectivity index (χ2n) is 4.30. The molecule has 0 fully saturated rings. The molecule has 0 aliphatic heterocycles. The van der Waals surface area contributed by atoms with Crippen LogP contribution in [0.25, 0.3) is 0 Å². The summed E-state index contributed by atoms with van der Waals surface area (Å²) in [6.07, 6.45) is 0.403. The molecule has 0 saturated carbocycles. The van der Waals surface area contributed by atoms with Gasteiger partial charge in [-0.1, -0.05) is 42.5 Å². The molecule has 2 rings (SSSR count). The van der Waals surface area contributed by atoms with Crippen molar-refractivity contribution in [3.05, 3.63) is 72.8 Å². The van der Waals surface area contributed by atoms with E-state index in [4.69, 9.17) is 0 Å². The van der Waals surface area contributed by atoms with E-state index in [1.807, 2.05) is 42.5 Å². The number of rotatable bonds is 3. The van der Waals surface area contributed by atoms with Crippen LogP contribution in [0.3, 0.4) is 0 Å². The van der Waals surface area contributed by atoms with Gasteiger partial charge in [0.1, 0.15) is 7.11 Å². The van der Waals surface area contributed by atoms with Gasteiger partial charge < -0.3 is 4.74 Å². The quantitative estimate of drug-likeness (QED) is 0.836. The minimum atomic E-state index is -0.476. The van der Waals surface area contributed by atoms with E-state index < -0.39 is 6.09 Å². The van der Waals surface area contributed by atoms with Crippen molar-refractivity contribution in [1.29, 1.82) is 0 Å². The first-order valence-electron chi connectivity index (χ1n) is 6.03. The summed E-state index contributed by atoms with van der Waals surface area (Å²) >= 11 is 0. The molecule has 0 spiro atoms. The number of anilines is 1. The predicted octanol–water partition coefficient (Wildman–Crippen LogP) is 3.64. The molecule has 0 aliphatic carbocycles. The molecule has 3 nitrogen and oxygen atoms in total. The standard InChI is InChI=1S/C16H16NO2/c1-17(16(18)19-2)15-10-8-14(9-11-15)12-13-6-4-3-5-7-13/h3-11H,2,12H2,1H3. The molecule has 97 valence electrons. The Bertz CT molecular complexity index is 534. The Kier molecular flexibility index (Phi) is 4.18. The number of nitrogens with zero attached hydrogens (tertiary/aromatic N) is 1. The lowest BCUT2D eigenvalue weighted by atomic mass is 10.0. The van der Waals surface area contributed by atoms with Crippen LogP contribution < -0.4 is 4.90 Å². The van der Waals surface area contributed by atoms with E-state index in [1.165, 1.54) is 16.0 Å². The Morgan fingerprint density at radius 3 is 2.21 bits per heavy atom. The van der Waals surface area contributed by atoms with Gasteiger partial charge >= 0.3 is 6.09 Å². The van der Waals surface area contributed by atoms with Gasteiger partial charge in [0.25, 0.3) is 0 Å². The van der Waals surface area contributed by atoms with Crippen molar-refractivity contribution in [1.82, 2.24) is 0 Å². The van der Waals surface area contributed by atoms with Gasteiger partial charge in [0.15, 0.2) is 0 Å². The van der Waals surface area contributed by atoms with E-state index in [0.717, 1.165) is 12.1 Å². The molecule has 1 radical (unpaired) electrons. The topological polar surface area (TPSA) is 29.5 Å². The fourth-order valence-electron chi connectivity index (χ4n) is 1.87. The highest BCUT2D eigenvalue weighted by Gasteiger charge is 2.10. The molecule has 2 aromatic rings. The number of ether oxygens (including phenoxy) is 1. The lowest BCUT2D eigenvalue weighted by molar-refractivity contribution is 0.192. The van der Waals surface area contributed by atoms with Crippen molar-refractivity contribution in [3.63, 3.8) is 0 Å². The second kappa shape index (κ2) is 6.05. The van der Waals surface area contributed by atoms with Crippen LogP contribution in [0.4, 0.5) is 10.5 Å². The third kappa shape index (κ3) is 3.35. The summed E-state index contributed by atoms with van der Waals surface area (Å²) in [7, 11) is 4.77. The van der Waals surface area contributed by atoms with Gasteiger partial charge in [0.2, 0.25) is 0 Å². The van der Waals surface area contributed by atoms with E-state index in [0.29, 0.717) is 0 Å². The lowest BCUT2D eigenvalue weighted by Crippen LogP contribution is -2.25. The monoisotopic (exact) mass is 254 g/mol. The van der Waals surface area contributed by atoms with Crippen molar-refractivity contribution < 1.29 is 9.53 Å². The van der Waals surface area contributed by atoms with Gasteiger partial charge in [-0.3, -0.25) is 4.90 Å². The molecule has 0 bridgehead atoms. The maximum absolute atomic E-state index is 11.3. The molecule has 19 heavy (non-hydrogen) atoms. The smallest absolute Gasteiger partial charge is 0.414 e. The zero-order valence-electron chi connectivity index (χ0n) is 10.9. The molecule has 0 N–H and O–H groups in total. The molecule has 1 amide bonds. The van der Waals surface area contributed by atoms with Crippen LogP contribution in [0.2, 0.25) is 0 Å². The largest absolute Gasteiger partial charge is 0.446 e. The van der Waals surface area contributed by atoms with Crippen LogP contribution in [-0.2, 0) is 11.2 Å². The van der Waals surface area contributed by atoms with Gasteiger partial charge in [-0.2, -0.15) is 0 Å². The van der Waals surface area contributed by atoms with Crippen molar-refractivity contribution in [2.45, 2.75) is 6.42 Å². The minimum absolute atomic E-state index is 0.476. The summed E-state index contributed by atoms with van der Waals surface area (Å²) in [4.78, 5) is 12.7. The minimum Gasteiger partial charge on any atom is -0.446 e. The van der Waals surface area contributed by atoms with Crippen molar-refractivity contribution >= 4 is 11.8 Å². The van der Waals surface area contributed by atoms with Gasteiger partial charge in [-0.05, 0) is 29.7 Å². The summed E-state index contributed by atoms with van der Waals surface area (Å²) in [6.45, 7) is 0. The Labute approximate surface area is 113 Å². The van der Waals surface area contributed by atoms with Crippen LogP contribution in [0, 0.1) is 7.11 Å². The first kappa shape index (κ1) is 13.1. The maximum Gasteiger partial charge on any atom is 0.414 e. The highest BCUT2D eigenvalue weighted by Crippen LogP contribution is 2.16. The molecule has 0 atom stereocenters. The van der Waals surface area contributed by atoms with E-state index in [1.54, 1.807) is 7.05 Å². The number of benzene rings is 2. The van der Waals surface area contributed by atoms with Crippen LogP contribution in [-0.4, -0.2) is 13.1 Å². The molecular weight excluding hydrogens is 238 g/mol. The average molecular weight is 254 g/mol. The van der Waals surface area contributed by atoms with E-state index in [9.17, 15) is 4.79 Å². The van der Waals surface area contributed by atoms with Crippen LogP contribution in [0.15, 0.2) is 54.6 Å². The second-order valence-corrected chi connectivity index (χ2v) is 4.30. The molecule has 0 saturated heterocycles. The van der Waals surface area contributed by atoms with Crippen molar-refractivity contribution in [3.8, 4) is 0 Å². The highest BCUT2D eigenvalue weighted by atomic mass is 16.5. The number of carbonyl (C=O) groups is 1. The predicted molar refractivity (Wildman–Crippen MR) is 75.9 cm³/mol. The Morgan fingerprint density at radius 1 is 1.05 bits per heavy atom. The van der Waals surface area contributed by atoms with Crippen molar-refractivity contribution in [2.75, 3.05) is 11.9 Å². The summed E-state index contributed by atoms with van der Waals surface area (Å²) in [5.41, 5.74) is 3.25. The van der Waals surface area contributed by atoms with Gasteiger partial charge in [-0.25, -0.2) is 4.79 Å². The van der Waals surface area contributed by atoms with E-state index >= 15 is 0 Å². The summed E-state index contributed by atoms with van der Waals surface area (Å²) < 4.78 is 4.43. The summed E-state index contributed by atoms with van der Waals surface area (Å²) in [5, 5.41) is 0. The number of carbonyl (C=O) groups excluding carboxylic acids is 1.